The van der Waals surface area contributed by atoms with Crippen LogP contribution in [0, 0.1) is 0 Å². The summed E-state index contributed by atoms with van der Waals surface area (Å²) in [7, 11) is 0. The van der Waals surface area contributed by atoms with E-state index in [-0.39, 0.29) is 18.5 Å². The normalized spacial score (nSPS) is 12.8. The molecule has 6 heteroatoms. The highest BCUT2D eigenvalue weighted by Crippen LogP contribution is 2.16. The lowest BCUT2D eigenvalue weighted by molar-refractivity contribution is -0.143. The molecule has 0 aromatic carbocycles. The first-order chi connectivity index (χ1) is 31.0. The summed E-state index contributed by atoms with van der Waals surface area (Å²) in [5, 5.41) is 22.9. The number of ether oxygens (including phenoxy) is 1. The predicted octanol–water partition coefficient (Wildman–Crippen LogP) is 17.1. The first-order valence-corrected chi connectivity index (χ1v) is 28.1. The van der Waals surface area contributed by atoms with Crippen LogP contribution in [0.5, 0.6) is 0 Å². The number of amides is 1. The second-order valence-corrected chi connectivity index (χ2v) is 19.3. The standard InChI is InChI=1S/C57H109NO5/c1-3-5-7-9-11-13-14-15-16-21-25-28-31-35-39-43-47-51-57(62)63-52-48-44-40-36-32-29-26-23-20-18-17-19-22-24-27-30-34-38-42-46-50-56(61)58-54(53-59)55(60)49-45-41-37-33-12-10-8-6-4-2/h17,19,45,49,54-55,59-60H,3-16,18,20-44,46-48,50-53H2,1-2H3,(H,58,61)/b19-17-,49-45+. The molecule has 372 valence electrons. The molecule has 0 radical (unpaired) electrons. The molecule has 63 heavy (non-hydrogen) atoms. The Kier molecular flexibility index (Phi) is 51.6. The van der Waals surface area contributed by atoms with Crippen molar-refractivity contribution in [2.75, 3.05) is 13.2 Å². The Hall–Kier alpha value is -1.66. The Morgan fingerprint density at radius 1 is 0.429 bits per heavy atom. The zero-order valence-corrected chi connectivity index (χ0v) is 42.3. The molecule has 0 aliphatic rings. The van der Waals surface area contributed by atoms with Crippen LogP contribution in [0.3, 0.4) is 0 Å². The van der Waals surface area contributed by atoms with Gasteiger partial charge in [-0.25, -0.2) is 0 Å². The van der Waals surface area contributed by atoms with E-state index in [0.29, 0.717) is 19.4 Å². The fourth-order valence-electron chi connectivity index (χ4n) is 8.63. The van der Waals surface area contributed by atoms with E-state index < -0.39 is 12.1 Å². The van der Waals surface area contributed by atoms with E-state index in [1.807, 2.05) is 6.08 Å². The van der Waals surface area contributed by atoms with Gasteiger partial charge in [-0.1, -0.05) is 256 Å². The summed E-state index contributed by atoms with van der Waals surface area (Å²) in [5.41, 5.74) is 0. The van der Waals surface area contributed by atoms with Crippen LogP contribution in [0.4, 0.5) is 0 Å². The van der Waals surface area contributed by atoms with Gasteiger partial charge >= 0.3 is 5.97 Å². The van der Waals surface area contributed by atoms with E-state index in [1.165, 1.54) is 231 Å². The van der Waals surface area contributed by atoms with Gasteiger partial charge < -0.3 is 20.3 Å². The minimum Gasteiger partial charge on any atom is -0.466 e. The molecule has 1 amide bonds. The molecule has 0 aromatic rings. The monoisotopic (exact) mass is 888 g/mol. The molecular formula is C57H109NO5. The van der Waals surface area contributed by atoms with Crippen molar-refractivity contribution in [3.8, 4) is 0 Å². The maximum absolute atomic E-state index is 12.4. The molecule has 6 nitrogen and oxygen atoms in total. The third-order valence-electron chi connectivity index (χ3n) is 13.0. The summed E-state index contributed by atoms with van der Waals surface area (Å²) in [5.74, 6) is -0.0699. The van der Waals surface area contributed by atoms with Gasteiger partial charge in [-0.05, 0) is 57.8 Å². The lowest BCUT2D eigenvalue weighted by Gasteiger charge is -2.20. The van der Waals surface area contributed by atoms with Crippen molar-refractivity contribution < 1.29 is 24.5 Å². The Morgan fingerprint density at radius 3 is 1.13 bits per heavy atom. The van der Waals surface area contributed by atoms with Crippen molar-refractivity contribution in [3.05, 3.63) is 24.3 Å². The van der Waals surface area contributed by atoms with Gasteiger partial charge in [-0.15, -0.1) is 0 Å². The maximum Gasteiger partial charge on any atom is 0.305 e. The molecule has 0 bridgehead atoms. The van der Waals surface area contributed by atoms with Gasteiger partial charge in [0.1, 0.15) is 0 Å². The number of carbonyl (C=O) groups excluding carboxylic acids is 2. The number of hydrogen-bond donors (Lipinski definition) is 3. The van der Waals surface area contributed by atoms with Crippen LogP contribution >= 0.6 is 0 Å². The van der Waals surface area contributed by atoms with E-state index in [0.717, 1.165) is 44.9 Å². The molecule has 0 heterocycles. The summed E-state index contributed by atoms with van der Waals surface area (Å²) < 4.78 is 5.49. The topological polar surface area (TPSA) is 95.9 Å². The zero-order valence-electron chi connectivity index (χ0n) is 42.3. The van der Waals surface area contributed by atoms with Crippen LogP contribution in [0.2, 0.25) is 0 Å². The van der Waals surface area contributed by atoms with Gasteiger partial charge in [0.15, 0.2) is 0 Å². The smallest absolute Gasteiger partial charge is 0.305 e. The number of carbonyl (C=O) groups is 2. The second kappa shape index (κ2) is 53.0. The summed E-state index contributed by atoms with van der Waals surface area (Å²) in [6.07, 6.45) is 63.5. The molecule has 0 saturated heterocycles. The van der Waals surface area contributed by atoms with Gasteiger partial charge in [0.25, 0.3) is 0 Å². The minimum atomic E-state index is -0.847. The number of rotatable bonds is 52. The largest absolute Gasteiger partial charge is 0.466 e. The lowest BCUT2D eigenvalue weighted by atomic mass is 10.0. The fraction of sp³-hybridized carbons (Fsp3) is 0.895. The van der Waals surface area contributed by atoms with E-state index in [2.05, 4.69) is 31.3 Å². The Morgan fingerprint density at radius 2 is 0.746 bits per heavy atom. The molecular weight excluding hydrogens is 779 g/mol. The summed E-state index contributed by atoms with van der Waals surface area (Å²) in [6.45, 7) is 4.88. The number of aliphatic hydroxyl groups excluding tert-OH is 2. The number of hydrogen-bond acceptors (Lipinski definition) is 5. The number of nitrogens with one attached hydrogen (secondary N) is 1. The van der Waals surface area contributed by atoms with E-state index in [4.69, 9.17) is 4.74 Å². The summed E-state index contributed by atoms with van der Waals surface area (Å²) in [6, 6.07) is -0.631. The first kappa shape index (κ1) is 61.3. The van der Waals surface area contributed by atoms with Gasteiger partial charge in [-0.3, -0.25) is 9.59 Å². The number of unbranched alkanes of at least 4 members (excludes halogenated alkanes) is 39. The molecule has 2 unspecified atom stereocenters. The third kappa shape index (κ3) is 49.6. The quantitative estimate of drug-likeness (QED) is 0.0321. The van der Waals surface area contributed by atoms with E-state index in [9.17, 15) is 19.8 Å². The van der Waals surface area contributed by atoms with Crippen LogP contribution in [0.15, 0.2) is 24.3 Å². The highest BCUT2D eigenvalue weighted by Gasteiger charge is 2.18. The predicted molar refractivity (Wildman–Crippen MR) is 273 cm³/mol. The molecule has 0 aliphatic heterocycles. The molecule has 2 atom stereocenters. The number of aliphatic hydroxyl groups is 2. The van der Waals surface area contributed by atoms with Crippen LogP contribution in [-0.4, -0.2) is 47.4 Å². The molecule has 0 aliphatic carbocycles. The van der Waals surface area contributed by atoms with Gasteiger partial charge in [0.05, 0.1) is 25.4 Å². The van der Waals surface area contributed by atoms with Gasteiger partial charge in [-0.2, -0.15) is 0 Å². The van der Waals surface area contributed by atoms with Crippen molar-refractivity contribution in [1.82, 2.24) is 5.32 Å². The third-order valence-corrected chi connectivity index (χ3v) is 13.0. The molecule has 0 rings (SSSR count). The molecule has 0 spiro atoms. The Labute approximate surface area is 392 Å². The zero-order chi connectivity index (χ0) is 45.8. The highest BCUT2D eigenvalue weighted by atomic mass is 16.5. The number of allylic oxidation sites excluding steroid dienone is 3. The second-order valence-electron chi connectivity index (χ2n) is 19.3. The molecule has 0 fully saturated rings. The summed E-state index contributed by atoms with van der Waals surface area (Å²) in [4.78, 5) is 24.4. The van der Waals surface area contributed by atoms with Crippen LogP contribution in [-0.2, 0) is 14.3 Å². The average Bonchev–Trinajstić information content (AvgIpc) is 3.28. The van der Waals surface area contributed by atoms with Gasteiger partial charge in [0.2, 0.25) is 5.91 Å². The lowest BCUT2D eigenvalue weighted by Crippen LogP contribution is -2.45. The summed E-state index contributed by atoms with van der Waals surface area (Å²) >= 11 is 0. The number of esters is 1. The van der Waals surface area contributed by atoms with Crippen molar-refractivity contribution in [2.45, 2.75) is 315 Å². The maximum atomic E-state index is 12.4. The van der Waals surface area contributed by atoms with E-state index >= 15 is 0 Å². The minimum absolute atomic E-state index is 0.00917. The van der Waals surface area contributed by atoms with Crippen molar-refractivity contribution in [3.63, 3.8) is 0 Å². The molecule has 0 aromatic heterocycles. The molecule has 3 N–H and O–H groups in total. The Balaban J connectivity index is 3.40. The fourth-order valence-corrected chi connectivity index (χ4v) is 8.63. The van der Waals surface area contributed by atoms with Crippen molar-refractivity contribution >= 4 is 11.9 Å². The van der Waals surface area contributed by atoms with Crippen LogP contribution < -0.4 is 5.32 Å². The van der Waals surface area contributed by atoms with E-state index in [1.54, 1.807) is 6.08 Å². The van der Waals surface area contributed by atoms with Crippen LogP contribution in [0.1, 0.15) is 303 Å². The van der Waals surface area contributed by atoms with Crippen molar-refractivity contribution in [1.29, 1.82) is 0 Å². The SMILES string of the molecule is CCCCCCCCC/C=C/C(O)C(CO)NC(=O)CCCCCCCCC/C=C\CCCCCCCCCCCOC(=O)CCCCCCCCCCCCCCCCCCC. The first-order valence-electron chi connectivity index (χ1n) is 28.1. The van der Waals surface area contributed by atoms with Crippen LogP contribution in [0.25, 0.3) is 0 Å². The van der Waals surface area contributed by atoms with Crippen molar-refractivity contribution in [2.24, 2.45) is 0 Å². The average molecular weight is 889 g/mol. The van der Waals surface area contributed by atoms with Gasteiger partial charge in [0, 0.05) is 12.8 Å². The highest BCUT2D eigenvalue weighted by molar-refractivity contribution is 5.76. The molecule has 0 saturated carbocycles. The Bertz CT molecular complexity index is 982.